The smallest absolute Gasteiger partial charge is 0.0827 e. The Bertz CT molecular complexity index is 340. The molecule has 2 atom stereocenters. The van der Waals surface area contributed by atoms with Crippen LogP contribution in [0.1, 0.15) is 38.9 Å². The highest BCUT2D eigenvalue weighted by molar-refractivity contribution is 5.17. The number of rotatable bonds is 8. The van der Waals surface area contributed by atoms with Gasteiger partial charge in [-0.1, -0.05) is 37.3 Å². The number of aliphatic hydroxyl groups is 2. The lowest BCUT2D eigenvalue weighted by Crippen LogP contribution is -2.37. The molecule has 1 aromatic rings. The minimum atomic E-state index is -0.434. The molecular weight excluding hydrogens is 238 g/mol. The molecule has 0 saturated carbocycles. The Labute approximate surface area is 116 Å². The molecule has 0 spiro atoms. The lowest BCUT2D eigenvalue weighted by molar-refractivity contribution is 0.0757. The van der Waals surface area contributed by atoms with Gasteiger partial charge in [-0.2, -0.15) is 0 Å². The largest absolute Gasteiger partial charge is 0.396 e. The zero-order valence-corrected chi connectivity index (χ0v) is 12.3. The summed E-state index contributed by atoms with van der Waals surface area (Å²) in [4.78, 5) is 2.31. The quantitative estimate of drug-likeness (QED) is 0.759. The first-order valence-corrected chi connectivity index (χ1v) is 7.14. The Kier molecular flexibility index (Phi) is 7.06. The zero-order chi connectivity index (χ0) is 14.3. The van der Waals surface area contributed by atoms with Gasteiger partial charge in [0.15, 0.2) is 0 Å². The second kappa shape index (κ2) is 8.31. The molecule has 0 aromatic heterocycles. The maximum Gasteiger partial charge on any atom is 0.0827 e. The van der Waals surface area contributed by atoms with Gasteiger partial charge in [0.25, 0.3) is 0 Å². The maximum absolute atomic E-state index is 10.4. The van der Waals surface area contributed by atoms with Crippen LogP contribution in [0.5, 0.6) is 0 Å². The van der Waals surface area contributed by atoms with Crippen LogP contribution in [0.25, 0.3) is 0 Å². The summed E-state index contributed by atoms with van der Waals surface area (Å²) >= 11 is 0. The van der Waals surface area contributed by atoms with Gasteiger partial charge in [-0.25, -0.2) is 0 Å². The average molecular weight is 265 g/mol. The second-order valence-electron chi connectivity index (χ2n) is 5.50. The lowest BCUT2D eigenvalue weighted by Gasteiger charge is -2.31. The average Bonchev–Trinajstić information content (AvgIpc) is 2.43. The van der Waals surface area contributed by atoms with Crippen molar-refractivity contribution in [3.05, 3.63) is 35.9 Å². The van der Waals surface area contributed by atoms with E-state index in [4.69, 9.17) is 5.11 Å². The van der Waals surface area contributed by atoms with Crippen LogP contribution in [0, 0.1) is 5.92 Å². The lowest BCUT2D eigenvalue weighted by atomic mass is 9.96. The van der Waals surface area contributed by atoms with Crippen LogP contribution in [0.2, 0.25) is 0 Å². The molecule has 0 aliphatic carbocycles. The molecule has 0 aliphatic heterocycles. The zero-order valence-electron chi connectivity index (χ0n) is 12.3. The number of benzene rings is 1. The maximum atomic E-state index is 10.4. The molecule has 3 heteroatoms. The number of nitrogens with zero attached hydrogens (tertiary/aromatic N) is 1. The van der Waals surface area contributed by atoms with Crippen molar-refractivity contribution in [1.29, 1.82) is 0 Å². The van der Waals surface area contributed by atoms with Gasteiger partial charge in [-0.05, 0) is 31.7 Å². The molecule has 2 unspecified atom stereocenters. The highest BCUT2D eigenvalue weighted by atomic mass is 16.3. The van der Waals surface area contributed by atoms with Gasteiger partial charge in [0.05, 0.1) is 6.10 Å². The molecule has 0 bridgehead atoms. The third-order valence-corrected chi connectivity index (χ3v) is 3.54. The molecule has 1 aromatic carbocycles. The van der Waals surface area contributed by atoms with E-state index in [1.165, 1.54) is 0 Å². The van der Waals surface area contributed by atoms with E-state index >= 15 is 0 Å². The Morgan fingerprint density at radius 3 is 2.26 bits per heavy atom. The molecule has 108 valence electrons. The second-order valence-corrected chi connectivity index (χ2v) is 5.50. The standard InChI is InChI=1S/C16H27NO2/c1-13(2)17(10-7-11-18)12-14(3)16(19)15-8-5-4-6-9-15/h4-6,8-9,13-14,16,18-19H,7,10-12H2,1-3H3. The summed E-state index contributed by atoms with van der Waals surface area (Å²) in [7, 11) is 0. The first-order valence-electron chi connectivity index (χ1n) is 7.14. The van der Waals surface area contributed by atoms with Crippen molar-refractivity contribution < 1.29 is 10.2 Å². The summed E-state index contributed by atoms with van der Waals surface area (Å²) in [5, 5.41) is 19.3. The molecular formula is C16H27NO2. The SMILES string of the molecule is CC(CN(CCCO)C(C)C)C(O)c1ccccc1. The summed E-state index contributed by atoms with van der Waals surface area (Å²) in [6, 6.07) is 10.2. The Morgan fingerprint density at radius 2 is 1.74 bits per heavy atom. The van der Waals surface area contributed by atoms with Crippen LogP contribution in [0.15, 0.2) is 30.3 Å². The van der Waals surface area contributed by atoms with Gasteiger partial charge in [-0.15, -0.1) is 0 Å². The van der Waals surface area contributed by atoms with Gasteiger partial charge in [0, 0.05) is 25.7 Å². The van der Waals surface area contributed by atoms with Crippen molar-refractivity contribution in [3.63, 3.8) is 0 Å². The summed E-state index contributed by atoms with van der Waals surface area (Å²) in [5.41, 5.74) is 0.973. The fourth-order valence-corrected chi connectivity index (χ4v) is 2.28. The van der Waals surface area contributed by atoms with E-state index in [0.29, 0.717) is 6.04 Å². The summed E-state index contributed by atoms with van der Waals surface area (Å²) in [5.74, 6) is 0.170. The van der Waals surface area contributed by atoms with Crippen LogP contribution < -0.4 is 0 Å². The molecule has 0 saturated heterocycles. The van der Waals surface area contributed by atoms with Gasteiger partial charge >= 0.3 is 0 Å². The number of hydrogen-bond acceptors (Lipinski definition) is 3. The van der Waals surface area contributed by atoms with Crippen LogP contribution in [0.4, 0.5) is 0 Å². The Balaban J connectivity index is 2.58. The van der Waals surface area contributed by atoms with E-state index in [0.717, 1.165) is 25.1 Å². The van der Waals surface area contributed by atoms with Gasteiger partial charge in [0.2, 0.25) is 0 Å². The highest BCUT2D eigenvalue weighted by Gasteiger charge is 2.20. The summed E-state index contributed by atoms with van der Waals surface area (Å²) in [6.07, 6.45) is 0.350. The van der Waals surface area contributed by atoms with Crippen molar-refractivity contribution in [2.45, 2.75) is 39.3 Å². The van der Waals surface area contributed by atoms with Crippen molar-refractivity contribution in [2.75, 3.05) is 19.7 Å². The van der Waals surface area contributed by atoms with E-state index in [1.807, 2.05) is 30.3 Å². The van der Waals surface area contributed by atoms with Gasteiger partial charge < -0.3 is 15.1 Å². The van der Waals surface area contributed by atoms with Crippen molar-refractivity contribution in [3.8, 4) is 0 Å². The normalized spacial score (nSPS) is 14.9. The fraction of sp³-hybridized carbons (Fsp3) is 0.625. The van der Waals surface area contributed by atoms with Crippen molar-refractivity contribution in [2.24, 2.45) is 5.92 Å². The molecule has 0 radical (unpaired) electrons. The van der Waals surface area contributed by atoms with Crippen LogP contribution in [-0.4, -0.2) is 40.9 Å². The van der Waals surface area contributed by atoms with Crippen molar-refractivity contribution >= 4 is 0 Å². The third-order valence-electron chi connectivity index (χ3n) is 3.54. The van der Waals surface area contributed by atoms with Crippen LogP contribution in [0.3, 0.4) is 0 Å². The molecule has 0 heterocycles. The topological polar surface area (TPSA) is 43.7 Å². The minimum Gasteiger partial charge on any atom is -0.396 e. The van der Waals surface area contributed by atoms with Gasteiger partial charge in [0.1, 0.15) is 0 Å². The first kappa shape index (κ1) is 16.2. The molecule has 0 fully saturated rings. The van der Waals surface area contributed by atoms with E-state index in [9.17, 15) is 5.11 Å². The predicted octanol–water partition coefficient (Wildman–Crippen LogP) is 2.45. The van der Waals surface area contributed by atoms with Crippen LogP contribution in [-0.2, 0) is 0 Å². The molecule has 3 nitrogen and oxygen atoms in total. The molecule has 19 heavy (non-hydrogen) atoms. The molecule has 0 aliphatic rings. The number of aliphatic hydroxyl groups excluding tert-OH is 2. The molecule has 2 N–H and O–H groups in total. The first-order chi connectivity index (χ1) is 9.06. The summed E-state index contributed by atoms with van der Waals surface area (Å²) < 4.78 is 0. The Hall–Kier alpha value is -0.900. The Morgan fingerprint density at radius 1 is 1.11 bits per heavy atom. The highest BCUT2D eigenvalue weighted by Crippen LogP contribution is 2.23. The van der Waals surface area contributed by atoms with E-state index in [-0.39, 0.29) is 12.5 Å². The van der Waals surface area contributed by atoms with E-state index in [1.54, 1.807) is 0 Å². The predicted molar refractivity (Wildman–Crippen MR) is 79.0 cm³/mol. The van der Waals surface area contributed by atoms with Crippen molar-refractivity contribution in [1.82, 2.24) is 4.90 Å². The van der Waals surface area contributed by atoms with Crippen LogP contribution >= 0.6 is 0 Å². The van der Waals surface area contributed by atoms with E-state index < -0.39 is 6.10 Å². The van der Waals surface area contributed by atoms with Gasteiger partial charge in [-0.3, -0.25) is 0 Å². The minimum absolute atomic E-state index is 0.170. The molecule has 0 amide bonds. The van der Waals surface area contributed by atoms with E-state index in [2.05, 4.69) is 25.7 Å². The monoisotopic (exact) mass is 265 g/mol. The fourth-order valence-electron chi connectivity index (χ4n) is 2.28. The third kappa shape index (κ3) is 5.31. The number of hydrogen-bond donors (Lipinski definition) is 2. The molecule has 1 rings (SSSR count). The summed E-state index contributed by atoms with van der Waals surface area (Å²) in [6.45, 7) is 8.32.